The van der Waals surface area contributed by atoms with Gasteiger partial charge in [0.15, 0.2) is 11.6 Å². The second kappa shape index (κ2) is 6.73. The maximum Gasteiger partial charge on any atom is 0.150 e. The van der Waals surface area contributed by atoms with Crippen LogP contribution in [0, 0.1) is 36.8 Å². The highest BCUT2D eigenvalue weighted by atomic mass is 19.1. The van der Waals surface area contributed by atoms with Crippen LogP contribution in [0.2, 0.25) is 0 Å². The molecular formula is C19H16F2N4. The molecule has 1 aromatic heterocycles. The number of halogens is 2. The number of nitrogens with one attached hydrogen (secondary N) is 1. The number of rotatable bonds is 4. The Labute approximate surface area is 144 Å². The van der Waals surface area contributed by atoms with E-state index in [1.165, 1.54) is 0 Å². The summed E-state index contributed by atoms with van der Waals surface area (Å²) in [6.45, 7) is 3.99. The Bertz CT molecular complexity index is 933. The second-order valence-corrected chi connectivity index (χ2v) is 5.68. The Balaban J connectivity index is 1.88. The first-order chi connectivity index (χ1) is 12.0. The fraction of sp³-hybridized carbons (Fsp3) is 0.158. The van der Waals surface area contributed by atoms with Crippen molar-refractivity contribution in [3.8, 4) is 11.8 Å². The van der Waals surface area contributed by atoms with Crippen LogP contribution in [0.5, 0.6) is 0 Å². The number of hydrogen-bond donors (Lipinski definition) is 1. The number of nitrogens with zero attached hydrogens (tertiary/aromatic N) is 3. The van der Waals surface area contributed by atoms with Crippen LogP contribution in [0.3, 0.4) is 0 Å². The van der Waals surface area contributed by atoms with Crippen LogP contribution in [-0.4, -0.2) is 9.78 Å². The lowest BCUT2D eigenvalue weighted by Gasteiger charge is -2.10. The minimum Gasteiger partial charge on any atom is -0.376 e. The van der Waals surface area contributed by atoms with Gasteiger partial charge in [-0.05, 0) is 38.1 Å². The van der Waals surface area contributed by atoms with Crippen LogP contribution >= 0.6 is 0 Å². The summed E-state index contributed by atoms with van der Waals surface area (Å²) in [4.78, 5) is 0. The Hall–Kier alpha value is -3.20. The minimum absolute atomic E-state index is 0.0511. The highest BCUT2D eigenvalue weighted by Gasteiger charge is 2.15. The van der Waals surface area contributed by atoms with Crippen LogP contribution in [-0.2, 0) is 6.54 Å². The highest BCUT2D eigenvalue weighted by molar-refractivity contribution is 5.51. The van der Waals surface area contributed by atoms with E-state index in [4.69, 9.17) is 5.26 Å². The van der Waals surface area contributed by atoms with Crippen LogP contribution in [0.25, 0.3) is 5.69 Å². The standard InChI is InChI=1S/C19H16F2N4/c1-12-16(13(2)25(24-12)15-6-4-3-5-7-15)11-23-19-17(20)8-14(10-22)9-18(19)21/h3-9,23H,11H2,1-2H3. The zero-order valence-electron chi connectivity index (χ0n) is 13.8. The van der Waals surface area contributed by atoms with Gasteiger partial charge >= 0.3 is 0 Å². The van der Waals surface area contributed by atoms with E-state index < -0.39 is 11.6 Å². The average Bonchev–Trinajstić information content (AvgIpc) is 2.89. The lowest BCUT2D eigenvalue weighted by atomic mass is 10.1. The molecule has 0 aliphatic heterocycles. The SMILES string of the molecule is Cc1nn(-c2ccccc2)c(C)c1CNc1c(F)cc(C#N)cc1F. The predicted molar refractivity (Wildman–Crippen MR) is 91.4 cm³/mol. The predicted octanol–water partition coefficient (Wildman–Crippen LogP) is 4.25. The molecule has 0 spiro atoms. The van der Waals surface area contributed by atoms with E-state index in [1.54, 1.807) is 10.8 Å². The van der Waals surface area contributed by atoms with E-state index in [9.17, 15) is 8.78 Å². The first-order valence-electron chi connectivity index (χ1n) is 7.74. The van der Waals surface area contributed by atoms with E-state index >= 15 is 0 Å². The van der Waals surface area contributed by atoms with Crippen molar-refractivity contribution in [1.82, 2.24) is 9.78 Å². The molecule has 3 aromatic rings. The molecule has 1 N–H and O–H groups in total. The molecule has 2 aromatic carbocycles. The van der Waals surface area contributed by atoms with E-state index in [2.05, 4.69) is 10.4 Å². The number of anilines is 1. The molecule has 0 saturated carbocycles. The maximum absolute atomic E-state index is 14.0. The summed E-state index contributed by atoms with van der Waals surface area (Å²) in [5.41, 5.74) is 3.17. The van der Waals surface area contributed by atoms with Gasteiger partial charge in [-0.2, -0.15) is 10.4 Å². The third kappa shape index (κ3) is 3.22. The number of aryl methyl sites for hydroxylation is 1. The molecule has 4 nitrogen and oxygen atoms in total. The number of hydrogen-bond acceptors (Lipinski definition) is 3. The van der Waals surface area contributed by atoms with Gasteiger partial charge in [0.05, 0.1) is 23.0 Å². The van der Waals surface area contributed by atoms with Crippen molar-refractivity contribution >= 4 is 5.69 Å². The molecule has 0 atom stereocenters. The van der Waals surface area contributed by atoms with Crippen molar-refractivity contribution in [2.45, 2.75) is 20.4 Å². The van der Waals surface area contributed by atoms with E-state index in [0.717, 1.165) is 34.8 Å². The molecule has 0 unspecified atom stereocenters. The molecule has 0 radical (unpaired) electrons. The third-order valence-corrected chi connectivity index (χ3v) is 4.06. The largest absolute Gasteiger partial charge is 0.376 e. The summed E-state index contributed by atoms with van der Waals surface area (Å²) < 4.78 is 29.8. The van der Waals surface area contributed by atoms with Gasteiger partial charge in [0.1, 0.15) is 5.69 Å². The summed E-state index contributed by atoms with van der Waals surface area (Å²) in [7, 11) is 0. The van der Waals surface area contributed by atoms with Gasteiger partial charge in [-0.25, -0.2) is 13.5 Å². The fourth-order valence-electron chi connectivity index (χ4n) is 2.73. The van der Waals surface area contributed by atoms with Crippen molar-refractivity contribution in [2.75, 3.05) is 5.32 Å². The summed E-state index contributed by atoms with van der Waals surface area (Å²) in [6.07, 6.45) is 0. The summed E-state index contributed by atoms with van der Waals surface area (Å²) in [5.74, 6) is -1.58. The van der Waals surface area contributed by atoms with Crippen LogP contribution in [0.1, 0.15) is 22.5 Å². The van der Waals surface area contributed by atoms with Gasteiger partial charge in [0.2, 0.25) is 0 Å². The quantitative estimate of drug-likeness (QED) is 0.774. The molecule has 0 saturated heterocycles. The molecule has 0 aliphatic rings. The van der Waals surface area contributed by atoms with Crippen molar-refractivity contribution < 1.29 is 8.78 Å². The van der Waals surface area contributed by atoms with Crippen molar-refractivity contribution in [2.24, 2.45) is 0 Å². The molecule has 6 heteroatoms. The van der Waals surface area contributed by atoms with Gasteiger partial charge < -0.3 is 5.32 Å². The maximum atomic E-state index is 14.0. The van der Waals surface area contributed by atoms with Gasteiger partial charge in [-0.1, -0.05) is 18.2 Å². The first kappa shape index (κ1) is 16.7. The summed E-state index contributed by atoms with van der Waals surface area (Å²) >= 11 is 0. The minimum atomic E-state index is -0.790. The number of nitriles is 1. The Morgan fingerprint density at radius 2 is 1.76 bits per heavy atom. The van der Waals surface area contributed by atoms with Crippen molar-refractivity contribution in [3.63, 3.8) is 0 Å². The first-order valence-corrected chi connectivity index (χ1v) is 7.74. The van der Waals surface area contributed by atoms with E-state index in [1.807, 2.05) is 44.2 Å². The molecule has 0 amide bonds. The summed E-state index contributed by atoms with van der Waals surface area (Å²) in [5, 5.41) is 16.0. The van der Waals surface area contributed by atoms with E-state index in [0.29, 0.717) is 0 Å². The molecule has 126 valence electrons. The normalized spacial score (nSPS) is 10.5. The Morgan fingerprint density at radius 3 is 2.36 bits per heavy atom. The lowest BCUT2D eigenvalue weighted by molar-refractivity contribution is 0.587. The molecule has 0 aliphatic carbocycles. The number of aromatic nitrogens is 2. The van der Waals surface area contributed by atoms with Crippen LogP contribution in [0.15, 0.2) is 42.5 Å². The summed E-state index contributed by atoms with van der Waals surface area (Å²) in [6, 6.07) is 13.4. The number of benzene rings is 2. The zero-order chi connectivity index (χ0) is 18.0. The van der Waals surface area contributed by atoms with Gasteiger partial charge in [-0.3, -0.25) is 0 Å². The smallest absolute Gasteiger partial charge is 0.150 e. The fourth-order valence-corrected chi connectivity index (χ4v) is 2.73. The molecular weight excluding hydrogens is 322 g/mol. The average molecular weight is 338 g/mol. The van der Waals surface area contributed by atoms with Gasteiger partial charge in [0, 0.05) is 17.8 Å². The molecule has 25 heavy (non-hydrogen) atoms. The Kier molecular flexibility index (Phi) is 4.48. The van der Waals surface area contributed by atoms with Crippen molar-refractivity contribution in [1.29, 1.82) is 5.26 Å². The topological polar surface area (TPSA) is 53.6 Å². The van der Waals surface area contributed by atoms with Gasteiger partial charge in [0.25, 0.3) is 0 Å². The molecule has 1 heterocycles. The highest BCUT2D eigenvalue weighted by Crippen LogP contribution is 2.23. The molecule has 3 rings (SSSR count). The van der Waals surface area contributed by atoms with Crippen LogP contribution < -0.4 is 5.32 Å². The molecule has 0 fully saturated rings. The van der Waals surface area contributed by atoms with Gasteiger partial charge in [-0.15, -0.1) is 0 Å². The molecule has 0 bridgehead atoms. The third-order valence-electron chi connectivity index (χ3n) is 4.06. The zero-order valence-corrected chi connectivity index (χ0v) is 13.8. The Morgan fingerprint density at radius 1 is 1.12 bits per heavy atom. The second-order valence-electron chi connectivity index (χ2n) is 5.68. The lowest BCUT2D eigenvalue weighted by Crippen LogP contribution is -2.06. The van der Waals surface area contributed by atoms with Crippen LogP contribution in [0.4, 0.5) is 14.5 Å². The van der Waals surface area contributed by atoms with E-state index in [-0.39, 0.29) is 17.8 Å². The number of para-hydroxylation sites is 1. The monoisotopic (exact) mass is 338 g/mol. The van der Waals surface area contributed by atoms with Crippen molar-refractivity contribution in [3.05, 3.63) is 76.6 Å².